The Bertz CT molecular complexity index is 613. The van der Waals surface area contributed by atoms with Gasteiger partial charge in [-0.15, -0.1) is 11.3 Å². The van der Waals surface area contributed by atoms with Crippen molar-refractivity contribution in [2.24, 2.45) is 5.73 Å². The maximum Gasteiger partial charge on any atom is 0.260 e. The number of carbonyl (C=O) groups excluding carboxylic acids is 1. The fourth-order valence-corrected chi connectivity index (χ4v) is 3.65. The number of nitrogens with zero attached hydrogens (tertiary/aromatic N) is 3. The third-order valence-corrected chi connectivity index (χ3v) is 4.87. The number of thiazole rings is 1. The average Bonchev–Trinajstić information content (AvgIpc) is 2.99. The summed E-state index contributed by atoms with van der Waals surface area (Å²) in [6.45, 7) is 1.85. The van der Waals surface area contributed by atoms with Gasteiger partial charge in [0, 0.05) is 12.7 Å². The molecule has 6 heteroatoms. The lowest BCUT2D eigenvalue weighted by Gasteiger charge is -2.34. The van der Waals surface area contributed by atoms with Crippen LogP contribution in [0.4, 0.5) is 0 Å². The smallest absolute Gasteiger partial charge is 0.260 e. The van der Waals surface area contributed by atoms with Gasteiger partial charge >= 0.3 is 0 Å². The zero-order valence-corrected chi connectivity index (χ0v) is 12.6. The zero-order chi connectivity index (χ0) is 14.7. The molecule has 0 bridgehead atoms. The van der Waals surface area contributed by atoms with Crippen molar-refractivity contribution in [3.05, 3.63) is 46.2 Å². The van der Waals surface area contributed by atoms with Crippen LogP contribution in [0.1, 0.15) is 45.7 Å². The summed E-state index contributed by atoms with van der Waals surface area (Å²) in [5.41, 5.74) is 6.39. The highest BCUT2D eigenvalue weighted by Gasteiger charge is 2.27. The highest BCUT2D eigenvalue weighted by molar-refractivity contribution is 7.13. The highest BCUT2D eigenvalue weighted by atomic mass is 32.1. The number of amides is 1. The van der Waals surface area contributed by atoms with Crippen molar-refractivity contribution >= 4 is 17.2 Å². The van der Waals surface area contributed by atoms with Gasteiger partial charge in [-0.3, -0.25) is 14.7 Å². The van der Waals surface area contributed by atoms with E-state index in [4.69, 9.17) is 5.73 Å². The Labute approximate surface area is 127 Å². The van der Waals surface area contributed by atoms with Gasteiger partial charge in [-0.25, -0.2) is 4.98 Å². The molecule has 2 N–H and O–H groups in total. The average molecular weight is 302 g/mol. The first-order valence-corrected chi connectivity index (χ1v) is 7.95. The zero-order valence-electron chi connectivity index (χ0n) is 11.7. The van der Waals surface area contributed by atoms with Crippen LogP contribution in [0, 0.1) is 0 Å². The number of hydrogen-bond acceptors (Lipinski definition) is 5. The minimum Gasteiger partial charge on any atom is -0.365 e. The maximum absolute atomic E-state index is 11.2. The Morgan fingerprint density at radius 1 is 1.38 bits per heavy atom. The second-order valence-corrected chi connectivity index (χ2v) is 6.29. The molecule has 3 heterocycles. The Kier molecular flexibility index (Phi) is 4.26. The van der Waals surface area contributed by atoms with Crippen LogP contribution < -0.4 is 5.73 Å². The van der Waals surface area contributed by atoms with Crippen LogP contribution in [0.15, 0.2) is 30.6 Å². The van der Waals surface area contributed by atoms with E-state index in [1.165, 1.54) is 24.2 Å². The van der Waals surface area contributed by atoms with Crippen LogP contribution in [0.25, 0.3) is 0 Å². The topological polar surface area (TPSA) is 72.1 Å². The number of nitrogens with two attached hydrogens (primary N) is 1. The first-order chi connectivity index (χ1) is 10.2. The maximum atomic E-state index is 11.2. The molecule has 2 aromatic heterocycles. The summed E-state index contributed by atoms with van der Waals surface area (Å²) in [5, 5.41) is 0.986. The minimum atomic E-state index is -0.397. The van der Waals surface area contributed by atoms with Gasteiger partial charge in [-0.1, -0.05) is 12.5 Å². The molecule has 1 aliphatic rings. The first kappa shape index (κ1) is 14.2. The van der Waals surface area contributed by atoms with Crippen molar-refractivity contribution < 1.29 is 4.79 Å². The number of pyridine rings is 1. The Morgan fingerprint density at radius 3 is 3.00 bits per heavy atom. The van der Waals surface area contributed by atoms with Gasteiger partial charge in [0.1, 0.15) is 9.88 Å². The molecule has 1 aliphatic heterocycles. The molecule has 1 amide bonds. The Morgan fingerprint density at radius 2 is 2.29 bits per heavy atom. The lowest BCUT2D eigenvalue weighted by Crippen LogP contribution is -2.33. The summed E-state index contributed by atoms with van der Waals surface area (Å²) in [4.78, 5) is 23.0. The summed E-state index contributed by atoms with van der Waals surface area (Å²) >= 11 is 1.41. The van der Waals surface area contributed by atoms with Gasteiger partial charge in [0.2, 0.25) is 0 Å². The van der Waals surface area contributed by atoms with Gasteiger partial charge < -0.3 is 5.73 Å². The van der Waals surface area contributed by atoms with Gasteiger partial charge in [0.05, 0.1) is 17.9 Å². The predicted octanol–water partition coefficient (Wildman–Crippen LogP) is 2.36. The van der Waals surface area contributed by atoms with Crippen LogP contribution in [-0.2, 0) is 6.54 Å². The monoisotopic (exact) mass is 302 g/mol. The fraction of sp³-hybridized carbons (Fsp3) is 0.400. The standard InChI is InChI=1S/C15H18N4OS/c16-14(20)13-9-18-15(21-13)12-6-2-4-8-19(12)10-11-5-1-3-7-17-11/h1,3,5,7,9,12H,2,4,6,8,10H2,(H2,16,20)/t12-/m1/s1. The number of carbonyl (C=O) groups is 1. The normalized spacial score (nSPS) is 19.5. The van der Waals surface area contributed by atoms with E-state index in [0.717, 1.165) is 30.2 Å². The summed E-state index contributed by atoms with van der Waals surface area (Å²) < 4.78 is 0. The Balaban J connectivity index is 1.79. The van der Waals surface area contributed by atoms with E-state index in [1.54, 1.807) is 6.20 Å². The molecule has 0 unspecified atom stereocenters. The highest BCUT2D eigenvalue weighted by Crippen LogP contribution is 2.34. The summed E-state index contributed by atoms with van der Waals surface area (Å²) in [5.74, 6) is -0.397. The number of piperidine rings is 1. The van der Waals surface area contributed by atoms with Crippen molar-refractivity contribution in [1.82, 2.24) is 14.9 Å². The number of rotatable bonds is 4. The molecule has 2 aromatic rings. The molecule has 110 valence electrons. The summed E-state index contributed by atoms with van der Waals surface area (Å²) in [6.07, 6.45) is 6.86. The molecule has 1 fully saturated rings. The summed E-state index contributed by atoms with van der Waals surface area (Å²) in [6, 6.07) is 6.24. The van der Waals surface area contributed by atoms with E-state index in [1.807, 2.05) is 24.4 Å². The molecule has 5 nitrogen and oxygen atoms in total. The number of hydrogen-bond donors (Lipinski definition) is 1. The molecule has 3 rings (SSSR count). The van der Waals surface area contributed by atoms with Gasteiger partial charge in [-0.05, 0) is 31.5 Å². The van der Waals surface area contributed by atoms with E-state index in [0.29, 0.717) is 4.88 Å². The van der Waals surface area contributed by atoms with Crippen molar-refractivity contribution in [2.75, 3.05) is 6.54 Å². The molecular weight excluding hydrogens is 284 g/mol. The van der Waals surface area contributed by atoms with Gasteiger partial charge in [0.15, 0.2) is 0 Å². The third-order valence-electron chi connectivity index (χ3n) is 3.76. The molecule has 1 saturated heterocycles. The second-order valence-electron chi connectivity index (χ2n) is 5.23. The molecule has 21 heavy (non-hydrogen) atoms. The van der Waals surface area contributed by atoms with Crippen LogP contribution in [0.5, 0.6) is 0 Å². The SMILES string of the molecule is NC(=O)c1cnc([C@H]2CCCCN2Cc2ccccn2)s1. The molecule has 0 radical (unpaired) electrons. The van der Waals surface area contributed by atoms with Crippen molar-refractivity contribution in [3.63, 3.8) is 0 Å². The van der Waals surface area contributed by atoms with Crippen LogP contribution in [0.3, 0.4) is 0 Å². The molecule has 0 spiro atoms. The van der Waals surface area contributed by atoms with Crippen molar-refractivity contribution in [2.45, 2.75) is 31.8 Å². The van der Waals surface area contributed by atoms with E-state index >= 15 is 0 Å². The lowest BCUT2D eigenvalue weighted by atomic mass is 10.0. The van der Waals surface area contributed by atoms with Gasteiger partial charge in [-0.2, -0.15) is 0 Å². The molecule has 0 aliphatic carbocycles. The number of aromatic nitrogens is 2. The third kappa shape index (κ3) is 3.28. The van der Waals surface area contributed by atoms with Gasteiger partial charge in [0.25, 0.3) is 5.91 Å². The van der Waals surface area contributed by atoms with E-state index < -0.39 is 5.91 Å². The molecule has 0 saturated carbocycles. The minimum absolute atomic E-state index is 0.263. The van der Waals surface area contributed by atoms with Crippen molar-refractivity contribution in [1.29, 1.82) is 0 Å². The quantitative estimate of drug-likeness (QED) is 0.941. The predicted molar refractivity (Wildman–Crippen MR) is 81.9 cm³/mol. The molecular formula is C15H18N4OS. The van der Waals surface area contributed by atoms with Crippen LogP contribution in [-0.4, -0.2) is 27.3 Å². The van der Waals surface area contributed by atoms with E-state index in [2.05, 4.69) is 14.9 Å². The largest absolute Gasteiger partial charge is 0.365 e. The molecule has 0 aromatic carbocycles. The summed E-state index contributed by atoms with van der Waals surface area (Å²) in [7, 11) is 0. The van der Waals surface area contributed by atoms with Crippen LogP contribution >= 0.6 is 11.3 Å². The molecule has 1 atom stereocenters. The lowest BCUT2D eigenvalue weighted by molar-refractivity contribution is 0.100. The van der Waals surface area contributed by atoms with Crippen LogP contribution in [0.2, 0.25) is 0 Å². The first-order valence-electron chi connectivity index (χ1n) is 7.13. The van der Waals surface area contributed by atoms with E-state index in [-0.39, 0.29) is 6.04 Å². The second kappa shape index (κ2) is 6.32. The van der Waals surface area contributed by atoms with E-state index in [9.17, 15) is 4.79 Å². The number of primary amides is 1. The van der Waals surface area contributed by atoms with Crippen molar-refractivity contribution in [3.8, 4) is 0 Å². The number of likely N-dealkylation sites (tertiary alicyclic amines) is 1. The Hall–Kier alpha value is -1.79. The fourth-order valence-electron chi connectivity index (χ4n) is 2.72.